The van der Waals surface area contributed by atoms with Crippen LogP contribution in [0.1, 0.15) is 12.0 Å². The smallest absolute Gasteiger partial charge is 0.223 e. The minimum absolute atomic E-state index is 0.189. The Kier molecular flexibility index (Phi) is 6.74. The van der Waals surface area contributed by atoms with Crippen molar-refractivity contribution in [3.05, 3.63) is 35.9 Å². The van der Waals surface area contributed by atoms with E-state index in [9.17, 15) is 4.79 Å². The van der Waals surface area contributed by atoms with Crippen molar-refractivity contribution in [2.75, 3.05) is 25.1 Å². The summed E-state index contributed by atoms with van der Waals surface area (Å²) < 4.78 is 0. The predicted molar refractivity (Wildman–Crippen MR) is 73.9 cm³/mol. The molecule has 3 nitrogen and oxygen atoms in total. The number of hydrogen-bond donors (Lipinski definition) is 1. The van der Waals surface area contributed by atoms with E-state index in [-0.39, 0.29) is 5.91 Å². The maximum absolute atomic E-state index is 12.0. The average molecular weight is 252 g/mol. The average Bonchev–Trinajstić information content (AvgIpc) is 2.36. The van der Waals surface area contributed by atoms with E-state index in [2.05, 4.69) is 0 Å². The van der Waals surface area contributed by atoms with Crippen molar-refractivity contribution in [3.63, 3.8) is 0 Å². The van der Waals surface area contributed by atoms with E-state index in [1.165, 1.54) is 0 Å². The molecule has 0 saturated heterocycles. The van der Waals surface area contributed by atoms with E-state index in [1.54, 1.807) is 11.8 Å². The van der Waals surface area contributed by atoms with Gasteiger partial charge in [-0.1, -0.05) is 30.3 Å². The third kappa shape index (κ3) is 5.24. The third-order valence-corrected chi connectivity index (χ3v) is 3.10. The molecule has 0 unspecified atom stereocenters. The maximum atomic E-state index is 12.0. The number of rotatable bonds is 7. The molecule has 0 atom stereocenters. The molecule has 17 heavy (non-hydrogen) atoms. The minimum Gasteiger partial charge on any atom is -0.337 e. The highest BCUT2D eigenvalue weighted by molar-refractivity contribution is 7.98. The molecule has 1 aromatic rings. The third-order valence-electron chi connectivity index (χ3n) is 2.49. The number of hydrogen-bond acceptors (Lipinski definition) is 3. The Morgan fingerprint density at radius 2 is 2.06 bits per heavy atom. The summed E-state index contributed by atoms with van der Waals surface area (Å²) in [5.41, 5.74) is 6.70. The maximum Gasteiger partial charge on any atom is 0.223 e. The molecular weight excluding hydrogens is 232 g/mol. The van der Waals surface area contributed by atoms with Gasteiger partial charge in [-0.05, 0) is 11.8 Å². The van der Waals surface area contributed by atoms with Crippen LogP contribution in [-0.2, 0) is 11.3 Å². The molecule has 0 radical (unpaired) electrons. The van der Waals surface area contributed by atoms with Crippen LogP contribution in [0.2, 0.25) is 0 Å². The summed E-state index contributed by atoms with van der Waals surface area (Å²) >= 11 is 1.69. The summed E-state index contributed by atoms with van der Waals surface area (Å²) in [6.45, 7) is 1.80. The van der Waals surface area contributed by atoms with Gasteiger partial charge in [0.2, 0.25) is 5.91 Å². The molecule has 0 aliphatic carbocycles. The van der Waals surface area contributed by atoms with Crippen LogP contribution in [0, 0.1) is 0 Å². The lowest BCUT2D eigenvalue weighted by Gasteiger charge is -2.22. The molecule has 0 aliphatic heterocycles. The van der Waals surface area contributed by atoms with E-state index >= 15 is 0 Å². The standard InChI is InChI=1S/C13H20N2OS/c1-17-10-7-13(16)15(9-8-14)11-12-5-3-2-4-6-12/h2-6H,7-11,14H2,1H3. The van der Waals surface area contributed by atoms with E-state index in [4.69, 9.17) is 5.73 Å². The van der Waals surface area contributed by atoms with Crippen molar-refractivity contribution in [1.82, 2.24) is 4.90 Å². The van der Waals surface area contributed by atoms with Crippen molar-refractivity contribution < 1.29 is 4.79 Å². The van der Waals surface area contributed by atoms with Gasteiger partial charge in [0.25, 0.3) is 0 Å². The van der Waals surface area contributed by atoms with Gasteiger partial charge in [-0.2, -0.15) is 11.8 Å². The lowest BCUT2D eigenvalue weighted by molar-refractivity contribution is -0.131. The van der Waals surface area contributed by atoms with E-state index in [1.807, 2.05) is 41.5 Å². The molecule has 1 amide bonds. The molecule has 1 rings (SSSR count). The molecule has 94 valence electrons. The van der Waals surface area contributed by atoms with Gasteiger partial charge in [0.1, 0.15) is 0 Å². The summed E-state index contributed by atoms with van der Waals surface area (Å²) in [5, 5.41) is 0. The Hall–Kier alpha value is -1.00. The first-order chi connectivity index (χ1) is 8.27. The second kappa shape index (κ2) is 8.14. The Morgan fingerprint density at radius 3 is 2.65 bits per heavy atom. The van der Waals surface area contributed by atoms with Crippen molar-refractivity contribution in [1.29, 1.82) is 0 Å². The zero-order valence-corrected chi connectivity index (χ0v) is 11.1. The van der Waals surface area contributed by atoms with Crippen molar-refractivity contribution >= 4 is 17.7 Å². The highest BCUT2D eigenvalue weighted by Crippen LogP contribution is 2.07. The van der Waals surface area contributed by atoms with Gasteiger partial charge in [0.05, 0.1) is 0 Å². The molecule has 0 saturated carbocycles. The summed E-state index contributed by atoms with van der Waals surface area (Å²) in [7, 11) is 0. The molecule has 1 aromatic carbocycles. The molecule has 0 aliphatic rings. The Morgan fingerprint density at radius 1 is 1.35 bits per heavy atom. The minimum atomic E-state index is 0.189. The van der Waals surface area contributed by atoms with Crippen LogP contribution in [0.4, 0.5) is 0 Å². The number of amides is 1. The molecule has 0 fully saturated rings. The van der Waals surface area contributed by atoms with E-state index in [0.29, 0.717) is 26.1 Å². The number of nitrogens with two attached hydrogens (primary N) is 1. The van der Waals surface area contributed by atoms with Gasteiger partial charge < -0.3 is 10.6 Å². The fraction of sp³-hybridized carbons (Fsp3) is 0.462. The Bertz CT molecular complexity index is 329. The van der Waals surface area contributed by atoms with Gasteiger partial charge >= 0.3 is 0 Å². The van der Waals surface area contributed by atoms with Crippen LogP contribution in [-0.4, -0.2) is 35.9 Å². The van der Waals surface area contributed by atoms with Gasteiger partial charge in [-0.3, -0.25) is 4.79 Å². The monoisotopic (exact) mass is 252 g/mol. The number of carbonyl (C=O) groups excluding carboxylic acids is 1. The summed E-state index contributed by atoms with van der Waals surface area (Å²) in [6.07, 6.45) is 2.60. The van der Waals surface area contributed by atoms with Gasteiger partial charge in [0, 0.05) is 31.8 Å². The molecule has 0 aromatic heterocycles. The van der Waals surface area contributed by atoms with Crippen molar-refractivity contribution in [2.24, 2.45) is 5.73 Å². The van der Waals surface area contributed by atoms with Crippen molar-refractivity contribution in [2.45, 2.75) is 13.0 Å². The highest BCUT2D eigenvalue weighted by atomic mass is 32.2. The van der Waals surface area contributed by atoms with Crippen LogP contribution in [0.25, 0.3) is 0 Å². The summed E-state index contributed by atoms with van der Waals surface area (Å²) in [5.74, 6) is 1.06. The molecule has 2 N–H and O–H groups in total. The molecule has 0 spiro atoms. The first-order valence-electron chi connectivity index (χ1n) is 5.78. The first kappa shape index (κ1) is 14.1. The second-order valence-electron chi connectivity index (χ2n) is 3.83. The molecule has 4 heteroatoms. The zero-order valence-electron chi connectivity index (χ0n) is 10.3. The van der Waals surface area contributed by atoms with Crippen LogP contribution in [0.5, 0.6) is 0 Å². The lowest BCUT2D eigenvalue weighted by atomic mass is 10.2. The largest absolute Gasteiger partial charge is 0.337 e. The quantitative estimate of drug-likeness (QED) is 0.804. The SMILES string of the molecule is CSCCC(=O)N(CCN)Cc1ccccc1. The number of thioether (sulfide) groups is 1. The predicted octanol–water partition coefficient (Wildman–Crippen LogP) is 1.73. The highest BCUT2D eigenvalue weighted by Gasteiger charge is 2.12. The zero-order chi connectivity index (χ0) is 12.5. The van der Waals surface area contributed by atoms with Crippen LogP contribution < -0.4 is 5.73 Å². The summed E-state index contributed by atoms with van der Waals surface area (Å²) in [4.78, 5) is 13.8. The van der Waals surface area contributed by atoms with Crippen LogP contribution in [0.3, 0.4) is 0 Å². The second-order valence-corrected chi connectivity index (χ2v) is 4.82. The van der Waals surface area contributed by atoms with Crippen LogP contribution in [0.15, 0.2) is 30.3 Å². The van der Waals surface area contributed by atoms with Crippen LogP contribution >= 0.6 is 11.8 Å². The fourth-order valence-corrected chi connectivity index (χ4v) is 1.98. The lowest BCUT2D eigenvalue weighted by Crippen LogP contribution is -2.35. The van der Waals surface area contributed by atoms with E-state index in [0.717, 1.165) is 11.3 Å². The van der Waals surface area contributed by atoms with Crippen molar-refractivity contribution in [3.8, 4) is 0 Å². The normalized spacial score (nSPS) is 10.2. The topological polar surface area (TPSA) is 46.3 Å². The Labute approximate surface area is 107 Å². The van der Waals surface area contributed by atoms with Gasteiger partial charge in [0.15, 0.2) is 0 Å². The molecule has 0 heterocycles. The number of nitrogens with zero attached hydrogens (tertiary/aromatic N) is 1. The number of benzene rings is 1. The van der Waals surface area contributed by atoms with Gasteiger partial charge in [-0.15, -0.1) is 0 Å². The van der Waals surface area contributed by atoms with E-state index < -0.39 is 0 Å². The Balaban J connectivity index is 2.56. The van der Waals surface area contributed by atoms with Gasteiger partial charge in [-0.25, -0.2) is 0 Å². The fourth-order valence-electron chi connectivity index (χ4n) is 1.60. The first-order valence-corrected chi connectivity index (χ1v) is 7.18. The summed E-state index contributed by atoms with van der Waals surface area (Å²) in [6, 6.07) is 10.0. The molecular formula is C13H20N2OS. The molecule has 0 bridgehead atoms. The number of carbonyl (C=O) groups is 1.